The molecule has 1 rings (SSSR count). The van der Waals surface area contributed by atoms with Crippen molar-refractivity contribution in [3.63, 3.8) is 0 Å². The zero-order valence-corrected chi connectivity index (χ0v) is 55.5. The molecule has 0 amide bonds. The maximum atomic E-state index is 14.3. The number of rotatable bonds is 60. The minimum absolute atomic E-state index is 0.0840. The Kier molecular flexibility index (Phi) is 52.6. The van der Waals surface area contributed by atoms with Gasteiger partial charge in [-0.3, -0.25) is 0 Å². The Labute approximate surface area is 507 Å². The third kappa shape index (κ3) is 46.4. The first kappa shape index (κ1) is 77.1. The van der Waals surface area contributed by atoms with Crippen LogP contribution >= 0.6 is 0 Å². The van der Waals surface area contributed by atoms with E-state index >= 15 is 0 Å². The van der Waals surface area contributed by atoms with Crippen LogP contribution < -0.4 is 0 Å². The molecule has 0 saturated carbocycles. The average molecular weight is 1150 g/mol. The molecule has 0 spiro atoms. The van der Waals surface area contributed by atoms with Crippen LogP contribution in [-0.4, -0.2) is 50.3 Å². The lowest BCUT2D eigenvalue weighted by atomic mass is 9.95. The third-order valence-corrected chi connectivity index (χ3v) is 16.7. The molecule has 82 heavy (non-hydrogen) atoms. The van der Waals surface area contributed by atoms with Crippen molar-refractivity contribution >= 4 is 23.9 Å². The summed E-state index contributed by atoms with van der Waals surface area (Å²) >= 11 is 0. The number of hydrogen-bond donors (Lipinski definition) is 0. The third-order valence-electron chi connectivity index (χ3n) is 16.7. The first-order valence-corrected chi connectivity index (χ1v) is 35.7. The summed E-state index contributed by atoms with van der Waals surface area (Å²) in [5.41, 5.74) is -0.688. The molecular formula is C74H134O8. The Morgan fingerprint density at radius 3 is 0.549 bits per heavy atom. The molecule has 0 fully saturated rings. The number of unbranched alkanes of at least 4 members (excludes halogenated alkanes) is 40. The Balaban J connectivity index is 3.02. The summed E-state index contributed by atoms with van der Waals surface area (Å²) in [6, 6.07) is 2.86. The lowest BCUT2D eigenvalue weighted by Crippen LogP contribution is -2.24. The summed E-state index contributed by atoms with van der Waals surface area (Å²) in [7, 11) is 0. The Hall–Kier alpha value is -2.90. The molecule has 0 aliphatic carbocycles. The molecule has 0 heterocycles. The zero-order chi connectivity index (χ0) is 59.9. The maximum Gasteiger partial charge on any atom is 0.339 e. The number of carbonyl (C=O) groups is 4. The minimum Gasteiger partial charge on any atom is -0.462 e. The van der Waals surface area contributed by atoms with E-state index in [0.717, 1.165) is 101 Å². The summed E-state index contributed by atoms with van der Waals surface area (Å²) in [5.74, 6) is 0.121. The van der Waals surface area contributed by atoms with Gasteiger partial charge in [-0.25, -0.2) is 19.2 Å². The second kappa shape index (κ2) is 55.9. The van der Waals surface area contributed by atoms with E-state index in [-0.39, 0.29) is 48.7 Å². The molecule has 0 N–H and O–H groups in total. The highest BCUT2D eigenvalue weighted by molar-refractivity contribution is 6.15. The van der Waals surface area contributed by atoms with E-state index in [1.807, 2.05) is 0 Å². The molecule has 0 aliphatic heterocycles. The zero-order valence-electron chi connectivity index (χ0n) is 55.5. The summed E-state index contributed by atoms with van der Waals surface area (Å²) < 4.78 is 23.4. The Bertz CT molecular complexity index is 1530. The standard InChI is InChI=1S/C74H134O8/c1-63(2)53-45-37-29-21-13-9-17-25-33-41-49-59-79-71(75)67-57-58-68(72(76)80-60-50-42-34-26-18-10-14-22-30-38-46-54-64(3)4)70(74(78)82-62-52-44-36-28-20-12-16-24-32-40-48-56-66(7)8)69(67)73(77)81-61-51-43-35-27-19-11-15-23-31-39-47-55-65(5)6/h57-58,63-66H,9-56,59-62H2,1-8H3. The number of carbonyl (C=O) groups excluding carboxylic acids is 4. The molecule has 0 aromatic heterocycles. The van der Waals surface area contributed by atoms with Crippen LogP contribution in [0.3, 0.4) is 0 Å². The van der Waals surface area contributed by atoms with Gasteiger partial charge in [-0.15, -0.1) is 0 Å². The molecule has 0 unspecified atom stereocenters. The van der Waals surface area contributed by atoms with Crippen molar-refractivity contribution in [2.24, 2.45) is 23.7 Å². The SMILES string of the molecule is CC(C)CCCCCCCCCCCCCOC(=O)c1ccc(C(=O)OCCCCCCCCCCCCCC(C)C)c(C(=O)OCCCCCCCCCCCCCC(C)C)c1C(=O)OCCCCCCCCCCCCCC(C)C. The fourth-order valence-electron chi connectivity index (χ4n) is 11.3. The van der Waals surface area contributed by atoms with Gasteiger partial charge in [-0.05, 0) is 61.5 Å². The fraction of sp³-hybridized carbons (Fsp3) is 0.865. The van der Waals surface area contributed by atoms with Crippen LogP contribution in [-0.2, 0) is 18.9 Å². The molecule has 1 aromatic rings. The average Bonchev–Trinajstić information content (AvgIpc) is 3.64. The smallest absolute Gasteiger partial charge is 0.339 e. The molecule has 0 atom stereocenters. The van der Waals surface area contributed by atoms with E-state index in [2.05, 4.69) is 55.4 Å². The van der Waals surface area contributed by atoms with Crippen LogP contribution in [0.5, 0.6) is 0 Å². The normalized spacial score (nSPS) is 11.7. The minimum atomic E-state index is -0.820. The molecule has 0 saturated heterocycles. The monoisotopic (exact) mass is 1150 g/mol. The molecule has 1 aromatic carbocycles. The molecule has 8 nitrogen and oxygen atoms in total. The Morgan fingerprint density at radius 1 is 0.232 bits per heavy atom. The van der Waals surface area contributed by atoms with Crippen LogP contribution in [0.2, 0.25) is 0 Å². The van der Waals surface area contributed by atoms with Crippen molar-refractivity contribution in [3.05, 3.63) is 34.4 Å². The van der Waals surface area contributed by atoms with Crippen molar-refractivity contribution in [1.82, 2.24) is 0 Å². The lowest BCUT2D eigenvalue weighted by Gasteiger charge is -2.17. The predicted octanol–water partition coefficient (Wildman–Crippen LogP) is 23.7. The first-order valence-electron chi connectivity index (χ1n) is 35.7. The van der Waals surface area contributed by atoms with Gasteiger partial charge in [0.1, 0.15) is 0 Å². The van der Waals surface area contributed by atoms with Gasteiger partial charge >= 0.3 is 23.9 Å². The molecule has 478 valence electrons. The largest absolute Gasteiger partial charge is 0.462 e. The van der Waals surface area contributed by atoms with E-state index in [4.69, 9.17) is 18.9 Å². The van der Waals surface area contributed by atoms with Gasteiger partial charge in [0.05, 0.1) is 48.7 Å². The van der Waals surface area contributed by atoms with Gasteiger partial charge in [0, 0.05) is 0 Å². The van der Waals surface area contributed by atoms with Crippen molar-refractivity contribution in [2.75, 3.05) is 26.4 Å². The van der Waals surface area contributed by atoms with Crippen molar-refractivity contribution in [1.29, 1.82) is 0 Å². The summed E-state index contributed by atoms with van der Waals surface area (Å²) in [5, 5.41) is 0. The van der Waals surface area contributed by atoms with Crippen LogP contribution in [0, 0.1) is 23.7 Å². The number of esters is 4. The highest BCUT2D eigenvalue weighted by Crippen LogP contribution is 2.26. The summed E-state index contributed by atoms with van der Waals surface area (Å²) in [4.78, 5) is 56.7. The van der Waals surface area contributed by atoms with E-state index in [1.54, 1.807) is 0 Å². The molecule has 0 bridgehead atoms. The van der Waals surface area contributed by atoms with Crippen LogP contribution in [0.4, 0.5) is 0 Å². The predicted molar refractivity (Wildman–Crippen MR) is 349 cm³/mol. The maximum absolute atomic E-state index is 14.3. The number of hydrogen-bond acceptors (Lipinski definition) is 8. The van der Waals surface area contributed by atoms with E-state index in [9.17, 15) is 19.2 Å². The quantitative estimate of drug-likeness (QED) is 0.0361. The molecule has 0 aliphatic rings. The van der Waals surface area contributed by atoms with Crippen molar-refractivity contribution < 1.29 is 38.1 Å². The van der Waals surface area contributed by atoms with Gasteiger partial charge in [0.2, 0.25) is 0 Å². The van der Waals surface area contributed by atoms with Crippen LogP contribution in [0.15, 0.2) is 12.1 Å². The second-order valence-electron chi connectivity index (χ2n) is 26.7. The fourth-order valence-corrected chi connectivity index (χ4v) is 11.3. The summed E-state index contributed by atoms with van der Waals surface area (Å²) in [6.07, 6.45) is 57.1. The van der Waals surface area contributed by atoms with E-state index in [1.165, 1.54) is 218 Å². The van der Waals surface area contributed by atoms with Gasteiger partial charge in [0.15, 0.2) is 0 Å². The van der Waals surface area contributed by atoms with Gasteiger partial charge < -0.3 is 18.9 Å². The van der Waals surface area contributed by atoms with Gasteiger partial charge in [0.25, 0.3) is 0 Å². The van der Waals surface area contributed by atoms with E-state index < -0.39 is 23.9 Å². The number of ether oxygens (including phenoxy) is 4. The van der Waals surface area contributed by atoms with E-state index in [0.29, 0.717) is 25.7 Å². The topological polar surface area (TPSA) is 105 Å². The molecule has 8 heteroatoms. The van der Waals surface area contributed by atoms with Crippen LogP contribution in [0.1, 0.15) is 405 Å². The first-order chi connectivity index (χ1) is 39.8. The van der Waals surface area contributed by atoms with Crippen LogP contribution in [0.25, 0.3) is 0 Å². The Morgan fingerprint density at radius 2 is 0.378 bits per heavy atom. The van der Waals surface area contributed by atoms with Gasteiger partial charge in [-0.2, -0.15) is 0 Å². The van der Waals surface area contributed by atoms with Gasteiger partial charge in [-0.1, -0.05) is 338 Å². The summed E-state index contributed by atoms with van der Waals surface area (Å²) in [6.45, 7) is 19.1. The molecule has 0 radical (unpaired) electrons. The second-order valence-corrected chi connectivity index (χ2v) is 26.7. The highest BCUT2D eigenvalue weighted by atomic mass is 16.5. The molecular weight excluding hydrogens is 1020 g/mol. The number of benzene rings is 1. The lowest BCUT2D eigenvalue weighted by molar-refractivity contribution is 0.0415. The highest BCUT2D eigenvalue weighted by Gasteiger charge is 2.33. The van der Waals surface area contributed by atoms with Crippen molar-refractivity contribution in [2.45, 2.75) is 364 Å². The van der Waals surface area contributed by atoms with Crippen molar-refractivity contribution in [3.8, 4) is 0 Å².